The van der Waals surface area contributed by atoms with Crippen molar-refractivity contribution in [3.05, 3.63) is 72.0 Å². The van der Waals surface area contributed by atoms with Crippen molar-refractivity contribution in [3.63, 3.8) is 0 Å². The number of rotatable bonds is 4. The van der Waals surface area contributed by atoms with Crippen molar-refractivity contribution in [3.8, 4) is 0 Å². The third-order valence-electron chi connectivity index (χ3n) is 4.77. The number of para-hydroxylation sites is 1. The van der Waals surface area contributed by atoms with E-state index in [0.717, 1.165) is 16.5 Å². The fourth-order valence-electron chi connectivity index (χ4n) is 3.31. The number of ether oxygens (including phenoxy) is 1. The van der Waals surface area contributed by atoms with Gasteiger partial charge >= 0.3 is 6.03 Å². The molecule has 2 aromatic carbocycles. The Morgan fingerprint density at radius 1 is 1.11 bits per heavy atom. The second-order valence-electron chi connectivity index (χ2n) is 6.69. The van der Waals surface area contributed by atoms with Crippen LogP contribution in [0.5, 0.6) is 0 Å². The van der Waals surface area contributed by atoms with Crippen LogP contribution >= 0.6 is 0 Å². The number of hydrogen-bond acceptors (Lipinski definition) is 4. The van der Waals surface area contributed by atoms with Gasteiger partial charge < -0.3 is 24.9 Å². The number of aliphatic hydroxyl groups excluding tert-OH is 1. The number of carbonyl (C=O) groups excluding carboxylic acids is 1. The molecule has 1 aliphatic rings. The number of benzene rings is 2. The van der Waals surface area contributed by atoms with Crippen LogP contribution in [0.15, 0.2) is 65.1 Å². The molecular formula is C21H22N2O4. The van der Waals surface area contributed by atoms with Gasteiger partial charge in [0.2, 0.25) is 0 Å². The van der Waals surface area contributed by atoms with Gasteiger partial charge in [0.1, 0.15) is 17.4 Å². The summed E-state index contributed by atoms with van der Waals surface area (Å²) in [5, 5.41) is 16.8. The topological polar surface area (TPSA) is 83.7 Å². The molecule has 1 aromatic heterocycles. The molecule has 3 aromatic rings. The van der Waals surface area contributed by atoms with Gasteiger partial charge in [0.05, 0.1) is 18.8 Å². The number of carbonyl (C=O) groups is 1. The number of furan rings is 1. The Morgan fingerprint density at radius 2 is 1.89 bits per heavy atom. The standard InChI is InChI=1S/C21H22N2O4/c24-17-10-11-26-13-16(17)22-21(25)23-20(14-6-2-1-3-7-14)19-12-15-8-4-5-9-18(15)27-19/h1-9,12,16-17,20,24H,10-11,13H2,(H2,22,23,25)/t16-,17-,20?/m1/s1. The average molecular weight is 366 g/mol. The van der Waals surface area contributed by atoms with E-state index in [1.165, 1.54) is 0 Å². The van der Waals surface area contributed by atoms with Crippen LogP contribution in [0, 0.1) is 0 Å². The summed E-state index contributed by atoms with van der Waals surface area (Å²) in [5.74, 6) is 0.651. The zero-order valence-corrected chi connectivity index (χ0v) is 14.8. The number of urea groups is 1. The van der Waals surface area contributed by atoms with Gasteiger partial charge in [-0.3, -0.25) is 0 Å². The van der Waals surface area contributed by atoms with Crippen molar-refractivity contribution in [1.82, 2.24) is 10.6 Å². The summed E-state index contributed by atoms with van der Waals surface area (Å²) in [6.07, 6.45) is -0.0951. The smallest absolute Gasteiger partial charge is 0.316 e. The summed E-state index contributed by atoms with van der Waals surface area (Å²) in [7, 11) is 0. The van der Waals surface area contributed by atoms with Crippen LogP contribution in [0.4, 0.5) is 4.79 Å². The number of fused-ring (bicyclic) bond motifs is 1. The van der Waals surface area contributed by atoms with Crippen LogP contribution in [-0.2, 0) is 4.74 Å². The summed E-state index contributed by atoms with van der Waals surface area (Å²) < 4.78 is 11.3. The lowest BCUT2D eigenvalue weighted by Crippen LogP contribution is -2.52. The summed E-state index contributed by atoms with van der Waals surface area (Å²) in [5.41, 5.74) is 1.68. The molecule has 140 valence electrons. The molecule has 0 spiro atoms. The zero-order chi connectivity index (χ0) is 18.6. The van der Waals surface area contributed by atoms with Gasteiger partial charge in [-0.2, -0.15) is 0 Å². The van der Waals surface area contributed by atoms with Crippen LogP contribution in [0.25, 0.3) is 11.0 Å². The first-order chi connectivity index (χ1) is 13.2. The third-order valence-corrected chi connectivity index (χ3v) is 4.77. The monoisotopic (exact) mass is 366 g/mol. The second-order valence-corrected chi connectivity index (χ2v) is 6.69. The van der Waals surface area contributed by atoms with Crippen molar-refractivity contribution in [2.75, 3.05) is 13.2 Å². The Labute approximate surface area is 157 Å². The molecule has 3 atom stereocenters. The molecule has 2 amide bonds. The number of aliphatic hydroxyl groups is 1. The quantitative estimate of drug-likeness (QED) is 0.663. The Bertz CT molecular complexity index is 876. The Kier molecular flexibility index (Phi) is 5.09. The summed E-state index contributed by atoms with van der Waals surface area (Å²) in [4.78, 5) is 12.6. The molecule has 4 rings (SSSR count). The van der Waals surface area contributed by atoms with E-state index in [1.807, 2.05) is 60.7 Å². The van der Waals surface area contributed by atoms with Gasteiger partial charge in [-0.05, 0) is 24.1 Å². The fourth-order valence-corrected chi connectivity index (χ4v) is 3.31. The van der Waals surface area contributed by atoms with Crippen LogP contribution in [0.1, 0.15) is 23.8 Å². The fraction of sp³-hybridized carbons (Fsp3) is 0.286. The highest BCUT2D eigenvalue weighted by Crippen LogP contribution is 2.28. The largest absolute Gasteiger partial charge is 0.459 e. The molecular weight excluding hydrogens is 344 g/mol. The molecule has 1 aliphatic heterocycles. The molecule has 6 nitrogen and oxygen atoms in total. The lowest BCUT2D eigenvalue weighted by atomic mass is 10.0. The molecule has 2 heterocycles. The van der Waals surface area contributed by atoms with Gasteiger partial charge in [-0.15, -0.1) is 0 Å². The van der Waals surface area contributed by atoms with Crippen molar-refractivity contribution < 1.29 is 19.1 Å². The van der Waals surface area contributed by atoms with E-state index in [0.29, 0.717) is 25.4 Å². The summed E-state index contributed by atoms with van der Waals surface area (Å²) in [6.45, 7) is 0.807. The minimum Gasteiger partial charge on any atom is -0.459 e. The van der Waals surface area contributed by atoms with Gasteiger partial charge in [-0.25, -0.2) is 4.79 Å². The summed E-state index contributed by atoms with van der Waals surface area (Å²) in [6, 6.07) is 18.1. The van der Waals surface area contributed by atoms with Crippen LogP contribution in [0.3, 0.4) is 0 Å². The SMILES string of the molecule is O=C(NC(c1ccccc1)c1cc2ccccc2o1)N[C@@H]1COCC[C@H]1O. The first-order valence-electron chi connectivity index (χ1n) is 9.07. The Hall–Kier alpha value is -2.83. The van der Waals surface area contributed by atoms with Gasteiger partial charge in [0.25, 0.3) is 0 Å². The van der Waals surface area contributed by atoms with Crippen LogP contribution in [-0.4, -0.2) is 36.5 Å². The maximum absolute atomic E-state index is 12.6. The van der Waals surface area contributed by atoms with E-state index in [2.05, 4.69) is 10.6 Å². The summed E-state index contributed by atoms with van der Waals surface area (Å²) >= 11 is 0. The van der Waals surface area contributed by atoms with Crippen molar-refractivity contribution in [1.29, 1.82) is 0 Å². The third kappa shape index (κ3) is 3.97. The van der Waals surface area contributed by atoms with E-state index < -0.39 is 18.2 Å². The minimum atomic E-state index is -0.606. The molecule has 1 unspecified atom stereocenters. The molecule has 0 aliphatic carbocycles. The Balaban J connectivity index is 1.57. The van der Waals surface area contributed by atoms with E-state index in [4.69, 9.17) is 9.15 Å². The molecule has 27 heavy (non-hydrogen) atoms. The van der Waals surface area contributed by atoms with Crippen LogP contribution < -0.4 is 10.6 Å². The first-order valence-corrected chi connectivity index (χ1v) is 9.07. The number of hydrogen-bond donors (Lipinski definition) is 3. The molecule has 6 heteroatoms. The molecule has 0 bridgehead atoms. The van der Waals surface area contributed by atoms with Crippen molar-refractivity contribution in [2.45, 2.75) is 24.6 Å². The predicted octanol–water partition coefficient (Wildman–Crippen LogP) is 2.97. The lowest BCUT2D eigenvalue weighted by molar-refractivity contribution is -0.0118. The van der Waals surface area contributed by atoms with E-state index >= 15 is 0 Å². The van der Waals surface area contributed by atoms with E-state index in [1.54, 1.807) is 0 Å². The normalized spacial score (nSPS) is 20.9. The highest BCUT2D eigenvalue weighted by Gasteiger charge is 2.27. The average Bonchev–Trinajstić information content (AvgIpc) is 3.12. The van der Waals surface area contributed by atoms with Gasteiger partial charge in [0.15, 0.2) is 0 Å². The maximum atomic E-state index is 12.6. The van der Waals surface area contributed by atoms with Gasteiger partial charge in [0, 0.05) is 12.0 Å². The highest BCUT2D eigenvalue weighted by molar-refractivity contribution is 5.79. The molecule has 3 N–H and O–H groups in total. The Morgan fingerprint density at radius 3 is 2.67 bits per heavy atom. The van der Waals surface area contributed by atoms with Crippen LogP contribution in [0.2, 0.25) is 0 Å². The molecule has 1 fully saturated rings. The van der Waals surface area contributed by atoms with E-state index in [9.17, 15) is 9.90 Å². The van der Waals surface area contributed by atoms with Crippen molar-refractivity contribution in [2.24, 2.45) is 0 Å². The lowest BCUT2D eigenvalue weighted by Gasteiger charge is -2.29. The second kappa shape index (κ2) is 7.82. The van der Waals surface area contributed by atoms with E-state index in [-0.39, 0.29) is 6.03 Å². The predicted molar refractivity (Wildman–Crippen MR) is 101 cm³/mol. The zero-order valence-electron chi connectivity index (χ0n) is 14.8. The number of amides is 2. The first kappa shape index (κ1) is 17.6. The number of nitrogens with one attached hydrogen (secondary N) is 2. The molecule has 0 radical (unpaired) electrons. The minimum absolute atomic E-state index is 0.301. The maximum Gasteiger partial charge on any atom is 0.316 e. The van der Waals surface area contributed by atoms with Crippen molar-refractivity contribution >= 4 is 17.0 Å². The highest BCUT2D eigenvalue weighted by atomic mass is 16.5. The molecule has 0 saturated carbocycles. The molecule has 1 saturated heterocycles. The van der Waals surface area contributed by atoms with Gasteiger partial charge in [-0.1, -0.05) is 48.5 Å².